The number of likely N-dealkylation sites (tertiary alicyclic amines) is 1. The van der Waals surface area contributed by atoms with Gasteiger partial charge >= 0.3 is 5.97 Å². The summed E-state index contributed by atoms with van der Waals surface area (Å²) < 4.78 is 0. The number of thiophene rings is 1. The van der Waals surface area contributed by atoms with Gasteiger partial charge in [-0.3, -0.25) is 9.69 Å². The number of carbonyl (C=O) groups excluding carboxylic acids is 1. The van der Waals surface area contributed by atoms with Gasteiger partial charge < -0.3 is 10.4 Å². The topological polar surface area (TPSA) is 69.6 Å². The molecule has 0 spiro atoms. The summed E-state index contributed by atoms with van der Waals surface area (Å²) in [4.78, 5) is 25.9. The molecule has 2 heterocycles. The molecule has 1 amide bonds. The number of nitrogens with zero attached hydrogens (tertiary/aromatic N) is 1. The third kappa shape index (κ3) is 4.47. The van der Waals surface area contributed by atoms with Crippen molar-refractivity contribution in [1.29, 1.82) is 0 Å². The molecule has 1 aliphatic rings. The van der Waals surface area contributed by atoms with Crippen molar-refractivity contribution in [3.05, 3.63) is 28.0 Å². The first-order valence-corrected chi connectivity index (χ1v) is 7.34. The average molecular weight is 294 g/mol. The Bertz CT molecular complexity index is 524. The van der Waals surface area contributed by atoms with E-state index in [0.717, 1.165) is 37.0 Å². The highest BCUT2D eigenvalue weighted by Crippen LogP contribution is 2.21. The Labute approximate surface area is 121 Å². The zero-order valence-electron chi connectivity index (χ0n) is 11.3. The lowest BCUT2D eigenvalue weighted by molar-refractivity contribution is -0.131. The maximum Gasteiger partial charge on any atom is 0.328 e. The van der Waals surface area contributed by atoms with Gasteiger partial charge in [0.05, 0.1) is 0 Å². The summed E-state index contributed by atoms with van der Waals surface area (Å²) in [6, 6.07) is 4.21. The van der Waals surface area contributed by atoms with Gasteiger partial charge in [0.1, 0.15) is 0 Å². The van der Waals surface area contributed by atoms with Gasteiger partial charge in [0.2, 0.25) is 5.91 Å². The van der Waals surface area contributed by atoms with Gasteiger partial charge in [-0.15, -0.1) is 11.3 Å². The van der Waals surface area contributed by atoms with Crippen LogP contribution in [-0.4, -0.2) is 41.0 Å². The molecule has 1 atom stereocenters. The molecular weight excluding hydrogens is 276 g/mol. The van der Waals surface area contributed by atoms with Crippen molar-refractivity contribution in [2.24, 2.45) is 0 Å². The molecule has 5 nitrogen and oxygen atoms in total. The smallest absolute Gasteiger partial charge is 0.328 e. The van der Waals surface area contributed by atoms with E-state index < -0.39 is 5.97 Å². The third-order valence-electron chi connectivity index (χ3n) is 3.13. The van der Waals surface area contributed by atoms with Gasteiger partial charge in [-0.25, -0.2) is 4.79 Å². The summed E-state index contributed by atoms with van der Waals surface area (Å²) >= 11 is 1.60. The maximum atomic E-state index is 11.0. The van der Waals surface area contributed by atoms with Crippen molar-refractivity contribution >= 4 is 29.3 Å². The Hall–Kier alpha value is -1.66. The Balaban J connectivity index is 1.85. The van der Waals surface area contributed by atoms with E-state index >= 15 is 0 Å². The van der Waals surface area contributed by atoms with Gasteiger partial charge in [-0.1, -0.05) is 0 Å². The normalized spacial score (nSPS) is 19.6. The van der Waals surface area contributed by atoms with Gasteiger partial charge in [0.15, 0.2) is 0 Å². The van der Waals surface area contributed by atoms with Crippen LogP contribution in [0.25, 0.3) is 6.08 Å². The third-order valence-corrected chi connectivity index (χ3v) is 4.17. The summed E-state index contributed by atoms with van der Waals surface area (Å²) in [5.74, 6) is -0.910. The number of carboxylic acid groups (broad SMARTS) is 1. The molecule has 1 fully saturated rings. The van der Waals surface area contributed by atoms with Gasteiger partial charge in [-0.2, -0.15) is 0 Å². The molecule has 1 aliphatic heterocycles. The fourth-order valence-electron chi connectivity index (χ4n) is 2.32. The molecule has 0 bridgehead atoms. The molecule has 2 N–H and O–H groups in total. The average Bonchev–Trinajstić information content (AvgIpc) is 2.96. The van der Waals surface area contributed by atoms with E-state index in [0.29, 0.717) is 0 Å². The van der Waals surface area contributed by atoms with E-state index in [1.54, 1.807) is 24.3 Å². The van der Waals surface area contributed by atoms with Crippen LogP contribution in [0.15, 0.2) is 18.2 Å². The molecule has 1 unspecified atom stereocenters. The van der Waals surface area contributed by atoms with Crippen LogP contribution >= 0.6 is 11.3 Å². The molecule has 2 rings (SSSR count). The fourth-order valence-corrected chi connectivity index (χ4v) is 3.28. The lowest BCUT2D eigenvalue weighted by Crippen LogP contribution is -2.35. The Morgan fingerprint density at radius 3 is 3.05 bits per heavy atom. The molecule has 0 aromatic carbocycles. The molecule has 108 valence electrons. The second-order valence-electron chi connectivity index (χ2n) is 4.90. The van der Waals surface area contributed by atoms with Crippen LogP contribution < -0.4 is 5.32 Å². The number of amides is 1. The number of nitrogens with one attached hydrogen (secondary N) is 1. The second kappa shape index (κ2) is 6.67. The van der Waals surface area contributed by atoms with Crippen LogP contribution in [0.2, 0.25) is 0 Å². The summed E-state index contributed by atoms with van der Waals surface area (Å²) in [7, 11) is 0. The van der Waals surface area contributed by atoms with E-state index in [1.165, 1.54) is 4.88 Å². The van der Waals surface area contributed by atoms with E-state index in [1.807, 2.05) is 12.1 Å². The molecular formula is C14H18N2O3S. The number of hydrogen-bond donors (Lipinski definition) is 2. The standard InChI is InChI=1S/C14H18N2O3S/c1-10(17)15-11-6-7-16(8-11)9-13-3-2-12(20-13)4-5-14(18)19/h2-5,11H,6-9H2,1H3,(H,15,17)(H,18,19)/b5-4+. The Morgan fingerprint density at radius 2 is 2.35 bits per heavy atom. The molecule has 1 saturated heterocycles. The summed E-state index contributed by atoms with van der Waals surface area (Å²) in [5.41, 5.74) is 0. The molecule has 6 heteroatoms. The quantitative estimate of drug-likeness (QED) is 0.809. The van der Waals surface area contributed by atoms with E-state index in [9.17, 15) is 9.59 Å². The maximum absolute atomic E-state index is 11.0. The van der Waals surface area contributed by atoms with Crippen molar-refractivity contribution in [2.45, 2.75) is 25.9 Å². The van der Waals surface area contributed by atoms with E-state index in [4.69, 9.17) is 5.11 Å². The highest BCUT2D eigenvalue weighted by Gasteiger charge is 2.23. The minimum Gasteiger partial charge on any atom is -0.478 e. The summed E-state index contributed by atoms with van der Waals surface area (Å²) in [5, 5.41) is 11.5. The van der Waals surface area contributed by atoms with Crippen molar-refractivity contribution in [2.75, 3.05) is 13.1 Å². The number of carboxylic acids is 1. The predicted octanol–water partition coefficient (Wildman–Crippen LogP) is 1.56. The lowest BCUT2D eigenvalue weighted by atomic mass is 10.2. The minimum atomic E-state index is -0.933. The first kappa shape index (κ1) is 14.7. The van der Waals surface area contributed by atoms with E-state index in [-0.39, 0.29) is 11.9 Å². The zero-order valence-corrected chi connectivity index (χ0v) is 12.2. The van der Waals surface area contributed by atoms with Crippen LogP contribution in [-0.2, 0) is 16.1 Å². The molecule has 0 aliphatic carbocycles. The fraction of sp³-hybridized carbons (Fsp3) is 0.429. The SMILES string of the molecule is CC(=O)NC1CCN(Cc2ccc(/C=C/C(=O)O)s2)C1. The van der Waals surface area contributed by atoms with Crippen LogP contribution in [0.5, 0.6) is 0 Å². The van der Waals surface area contributed by atoms with Crippen LogP contribution in [0.4, 0.5) is 0 Å². The minimum absolute atomic E-state index is 0.0223. The number of carbonyl (C=O) groups is 2. The summed E-state index contributed by atoms with van der Waals surface area (Å²) in [6.07, 6.45) is 3.75. The molecule has 1 aromatic rings. The van der Waals surface area contributed by atoms with Gasteiger partial charge in [-0.05, 0) is 24.6 Å². The number of aliphatic carboxylic acids is 1. The Morgan fingerprint density at radius 1 is 1.55 bits per heavy atom. The van der Waals surface area contributed by atoms with Crippen molar-refractivity contribution in [3.8, 4) is 0 Å². The molecule has 0 radical (unpaired) electrons. The second-order valence-corrected chi connectivity index (χ2v) is 6.10. The van der Waals surface area contributed by atoms with E-state index in [2.05, 4.69) is 10.2 Å². The number of rotatable bonds is 5. The monoisotopic (exact) mass is 294 g/mol. The first-order valence-electron chi connectivity index (χ1n) is 6.52. The zero-order chi connectivity index (χ0) is 14.5. The predicted molar refractivity (Wildman–Crippen MR) is 78.5 cm³/mol. The molecule has 0 saturated carbocycles. The molecule has 1 aromatic heterocycles. The van der Waals surface area contributed by atoms with Crippen LogP contribution in [0.3, 0.4) is 0 Å². The van der Waals surface area contributed by atoms with Gasteiger partial charge in [0, 0.05) is 48.4 Å². The van der Waals surface area contributed by atoms with Crippen molar-refractivity contribution in [3.63, 3.8) is 0 Å². The lowest BCUT2D eigenvalue weighted by Gasteiger charge is -2.15. The first-order chi connectivity index (χ1) is 9.52. The van der Waals surface area contributed by atoms with Crippen LogP contribution in [0.1, 0.15) is 23.1 Å². The highest BCUT2D eigenvalue weighted by molar-refractivity contribution is 7.12. The summed E-state index contributed by atoms with van der Waals surface area (Å²) in [6.45, 7) is 4.24. The van der Waals surface area contributed by atoms with Crippen molar-refractivity contribution in [1.82, 2.24) is 10.2 Å². The largest absolute Gasteiger partial charge is 0.478 e. The van der Waals surface area contributed by atoms with Gasteiger partial charge in [0.25, 0.3) is 0 Å². The van der Waals surface area contributed by atoms with Crippen molar-refractivity contribution < 1.29 is 14.7 Å². The molecule has 20 heavy (non-hydrogen) atoms. The Kier molecular flexibility index (Phi) is 4.92. The highest BCUT2D eigenvalue weighted by atomic mass is 32.1. The van der Waals surface area contributed by atoms with Crippen LogP contribution in [0, 0.1) is 0 Å². The number of hydrogen-bond acceptors (Lipinski definition) is 4.